The number of fused-ring (bicyclic) bond motifs is 1. The molecule has 2 aromatic rings. The van der Waals surface area contributed by atoms with E-state index in [1.54, 1.807) is 18.2 Å². The van der Waals surface area contributed by atoms with Crippen LogP contribution in [0.4, 0.5) is 15.8 Å². The fourth-order valence-corrected chi connectivity index (χ4v) is 3.30. The number of anilines is 2. The second kappa shape index (κ2) is 10.4. The van der Waals surface area contributed by atoms with Crippen LogP contribution in [0.15, 0.2) is 48.5 Å². The van der Waals surface area contributed by atoms with Crippen molar-refractivity contribution >= 4 is 34.8 Å². The number of nitrogens with one attached hydrogen (secondary N) is 3. The molecule has 0 saturated heterocycles. The minimum atomic E-state index is -0.448. The van der Waals surface area contributed by atoms with Gasteiger partial charge in [0.2, 0.25) is 11.8 Å². The average molecular weight is 424 g/mol. The predicted octanol–water partition coefficient (Wildman–Crippen LogP) is 3.20. The van der Waals surface area contributed by atoms with E-state index in [4.69, 9.17) is 5.73 Å². The van der Waals surface area contributed by atoms with Crippen molar-refractivity contribution in [1.82, 2.24) is 10.6 Å². The maximum atomic E-state index is 13.0. The molecular formula is C23H25FN4O3. The molecule has 7 nitrogen and oxygen atoms in total. The SMILES string of the molecule is Nc1cc(F)ccc1NC(=O)CCCCCCNC(=O)/C=C1\NC(=O)c2ccccc21. The first-order chi connectivity index (χ1) is 14.9. The molecule has 0 spiro atoms. The zero-order valence-corrected chi connectivity index (χ0v) is 17.0. The fourth-order valence-electron chi connectivity index (χ4n) is 3.30. The molecule has 1 aliphatic heterocycles. The Morgan fingerprint density at radius 1 is 1.03 bits per heavy atom. The molecule has 3 rings (SSSR count). The van der Waals surface area contributed by atoms with Crippen molar-refractivity contribution in [2.24, 2.45) is 0 Å². The van der Waals surface area contributed by atoms with Crippen molar-refractivity contribution in [1.29, 1.82) is 0 Å². The number of nitrogens with two attached hydrogens (primary N) is 1. The van der Waals surface area contributed by atoms with Crippen LogP contribution in [0.2, 0.25) is 0 Å². The molecule has 1 heterocycles. The highest BCUT2D eigenvalue weighted by Gasteiger charge is 2.23. The Balaban J connectivity index is 1.30. The smallest absolute Gasteiger partial charge is 0.256 e. The van der Waals surface area contributed by atoms with E-state index in [0.29, 0.717) is 36.3 Å². The third-order valence-corrected chi connectivity index (χ3v) is 4.90. The maximum absolute atomic E-state index is 13.0. The zero-order valence-electron chi connectivity index (χ0n) is 17.0. The number of rotatable bonds is 9. The number of hydrogen-bond acceptors (Lipinski definition) is 4. The van der Waals surface area contributed by atoms with Crippen molar-refractivity contribution in [3.8, 4) is 0 Å². The van der Waals surface area contributed by atoms with Crippen LogP contribution in [0.3, 0.4) is 0 Å². The molecule has 0 aliphatic carbocycles. The van der Waals surface area contributed by atoms with Crippen molar-refractivity contribution in [2.75, 3.05) is 17.6 Å². The van der Waals surface area contributed by atoms with Crippen LogP contribution in [-0.2, 0) is 9.59 Å². The summed E-state index contributed by atoms with van der Waals surface area (Å²) in [6.45, 7) is 0.510. The normalized spacial score (nSPS) is 13.6. The summed E-state index contributed by atoms with van der Waals surface area (Å²) in [6.07, 6.45) is 4.93. The largest absolute Gasteiger partial charge is 0.397 e. The number of carbonyl (C=O) groups is 3. The second-order valence-electron chi connectivity index (χ2n) is 7.29. The Morgan fingerprint density at radius 2 is 1.77 bits per heavy atom. The quantitative estimate of drug-likeness (QED) is 0.281. The molecule has 0 unspecified atom stereocenters. The van der Waals surface area contributed by atoms with Crippen LogP contribution < -0.4 is 21.7 Å². The minimum Gasteiger partial charge on any atom is -0.397 e. The van der Waals surface area contributed by atoms with E-state index in [2.05, 4.69) is 16.0 Å². The Kier molecular flexibility index (Phi) is 7.37. The molecular weight excluding hydrogens is 399 g/mol. The van der Waals surface area contributed by atoms with E-state index in [1.807, 2.05) is 6.07 Å². The Morgan fingerprint density at radius 3 is 2.55 bits per heavy atom. The first-order valence-electron chi connectivity index (χ1n) is 10.2. The molecule has 0 saturated carbocycles. The molecule has 8 heteroatoms. The van der Waals surface area contributed by atoms with Gasteiger partial charge in [-0.2, -0.15) is 0 Å². The molecule has 2 aromatic carbocycles. The van der Waals surface area contributed by atoms with Crippen LogP contribution in [0.1, 0.15) is 48.0 Å². The van der Waals surface area contributed by atoms with Gasteiger partial charge in [0.25, 0.3) is 5.91 Å². The molecule has 0 bridgehead atoms. The summed E-state index contributed by atoms with van der Waals surface area (Å²) >= 11 is 0. The van der Waals surface area contributed by atoms with Crippen molar-refractivity contribution in [3.63, 3.8) is 0 Å². The number of amides is 3. The molecule has 5 N–H and O–H groups in total. The van der Waals surface area contributed by atoms with Gasteiger partial charge in [0, 0.05) is 30.2 Å². The number of unbranched alkanes of at least 4 members (excludes halogenated alkanes) is 3. The van der Waals surface area contributed by atoms with Gasteiger partial charge in [0.05, 0.1) is 17.1 Å². The lowest BCUT2D eigenvalue weighted by Crippen LogP contribution is -2.23. The van der Waals surface area contributed by atoms with Gasteiger partial charge in [0.15, 0.2) is 0 Å². The highest BCUT2D eigenvalue weighted by atomic mass is 19.1. The first-order valence-corrected chi connectivity index (χ1v) is 10.2. The fraction of sp³-hybridized carbons (Fsp3) is 0.261. The van der Waals surface area contributed by atoms with E-state index in [-0.39, 0.29) is 23.4 Å². The molecule has 3 amide bonds. The van der Waals surface area contributed by atoms with Gasteiger partial charge >= 0.3 is 0 Å². The topological polar surface area (TPSA) is 113 Å². The van der Waals surface area contributed by atoms with Crippen molar-refractivity contribution in [2.45, 2.75) is 32.1 Å². The Bertz CT molecular complexity index is 1020. The minimum absolute atomic E-state index is 0.169. The average Bonchev–Trinajstić information content (AvgIpc) is 3.05. The van der Waals surface area contributed by atoms with Crippen molar-refractivity contribution in [3.05, 3.63) is 65.5 Å². The molecule has 0 aromatic heterocycles. The molecule has 0 fully saturated rings. The van der Waals surface area contributed by atoms with Gasteiger partial charge in [-0.1, -0.05) is 31.0 Å². The highest BCUT2D eigenvalue weighted by Crippen LogP contribution is 2.23. The van der Waals surface area contributed by atoms with Gasteiger partial charge in [0.1, 0.15) is 5.82 Å². The molecule has 31 heavy (non-hydrogen) atoms. The van der Waals surface area contributed by atoms with Crippen LogP contribution in [0, 0.1) is 5.82 Å². The highest BCUT2D eigenvalue weighted by molar-refractivity contribution is 6.12. The summed E-state index contributed by atoms with van der Waals surface area (Å²) in [5, 5.41) is 8.18. The van der Waals surface area contributed by atoms with Gasteiger partial charge in [-0.25, -0.2) is 4.39 Å². The van der Waals surface area contributed by atoms with Crippen molar-refractivity contribution < 1.29 is 18.8 Å². The molecule has 1 aliphatic rings. The monoisotopic (exact) mass is 424 g/mol. The van der Waals surface area contributed by atoms with Crippen LogP contribution in [0.25, 0.3) is 5.70 Å². The third-order valence-electron chi connectivity index (χ3n) is 4.90. The standard InChI is InChI=1S/C23H25FN4O3/c24-15-10-11-19(18(25)13-15)27-21(29)9-3-1-2-6-12-26-22(30)14-20-16-7-4-5-8-17(16)23(31)28-20/h4-5,7-8,10-11,13-14H,1-3,6,9,12,25H2,(H,26,30)(H,27,29)(H,28,31)/b20-14-. The Hall–Kier alpha value is -3.68. The summed E-state index contributed by atoms with van der Waals surface area (Å²) in [4.78, 5) is 35.9. The predicted molar refractivity (Wildman–Crippen MR) is 117 cm³/mol. The number of hydrogen-bond donors (Lipinski definition) is 4. The van der Waals surface area contributed by atoms with E-state index in [0.717, 1.165) is 24.8 Å². The maximum Gasteiger partial charge on any atom is 0.256 e. The first kappa shape index (κ1) is 22.0. The number of carbonyl (C=O) groups excluding carboxylic acids is 3. The summed E-state index contributed by atoms with van der Waals surface area (Å²) in [6, 6.07) is 11.0. The van der Waals surface area contributed by atoms with E-state index in [1.165, 1.54) is 24.3 Å². The van der Waals surface area contributed by atoms with Crippen LogP contribution in [0.5, 0.6) is 0 Å². The summed E-state index contributed by atoms with van der Waals surface area (Å²) in [5.74, 6) is -1.09. The van der Waals surface area contributed by atoms with Gasteiger partial charge in [-0.15, -0.1) is 0 Å². The van der Waals surface area contributed by atoms with Crippen LogP contribution in [-0.4, -0.2) is 24.3 Å². The summed E-state index contributed by atoms with van der Waals surface area (Å²) in [5.41, 5.74) is 8.07. The molecule has 162 valence electrons. The zero-order chi connectivity index (χ0) is 22.2. The lowest BCUT2D eigenvalue weighted by atomic mass is 10.1. The number of halogens is 1. The van der Waals surface area contributed by atoms with Gasteiger partial charge < -0.3 is 21.7 Å². The Labute approximate surface area is 179 Å². The number of nitrogen functional groups attached to an aromatic ring is 1. The lowest BCUT2D eigenvalue weighted by Gasteiger charge is -2.08. The lowest BCUT2D eigenvalue weighted by molar-refractivity contribution is -0.117. The molecule has 0 atom stereocenters. The van der Waals surface area contributed by atoms with Gasteiger partial charge in [-0.05, 0) is 37.1 Å². The molecule has 0 radical (unpaired) electrons. The third kappa shape index (κ3) is 6.15. The van der Waals surface area contributed by atoms with E-state index < -0.39 is 5.82 Å². The van der Waals surface area contributed by atoms with Crippen LogP contribution >= 0.6 is 0 Å². The summed E-state index contributed by atoms with van der Waals surface area (Å²) < 4.78 is 13.0. The van der Waals surface area contributed by atoms with E-state index in [9.17, 15) is 18.8 Å². The summed E-state index contributed by atoms with van der Waals surface area (Å²) in [7, 11) is 0. The second-order valence-corrected chi connectivity index (χ2v) is 7.29. The number of benzene rings is 2. The van der Waals surface area contributed by atoms with Gasteiger partial charge in [-0.3, -0.25) is 14.4 Å². The van der Waals surface area contributed by atoms with E-state index >= 15 is 0 Å².